The van der Waals surface area contributed by atoms with Crippen molar-refractivity contribution in [1.82, 2.24) is 14.9 Å². The summed E-state index contributed by atoms with van der Waals surface area (Å²) in [5, 5.41) is 13.9. The first-order valence-electron chi connectivity index (χ1n) is 9.71. The van der Waals surface area contributed by atoms with Gasteiger partial charge in [0.2, 0.25) is 11.1 Å². The van der Waals surface area contributed by atoms with Crippen LogP contribution in [-0.4, -0.2) is 32.3 Å². The zero-order valence-electron chi connectivity index (χ0n) is 16.9. The average Bonchev–Trinajstić information content (AvgIpc) is 3.12. The summed E-state index contributed by atoms with van der Waals surface area (Å²) in [4.78, 5) is 23.6. The summed E-state index contributed by atoms with van der Waals surface area (Å²) in [6.07, 6.45) is 0.542. The van der Waals surface area contributed by atoms with Gasteiger partial charge in [-0.1, -0.05) is 54.2 Å². The summed E-state index contributed by atoms with van der Waals surface area (Å²) >= 11 is 1.22. The molecule has 7 nitrogen and oxygen atoms in total. The lowest BCUT2D eigenvalue weighted by atomic mass is 10.0. The second-order valence-corrected chi connectivity index (χ2v) is 8.00. The molecule has 0 saturated carbocycles. The molecule has 1 amide bonds. The molecule has 0 unspecified atom stereocenters. The van der Waals surface area contributed by atoms with Gasteiger partial charge in [0.1, 0.15) is 0 Å². The number of carbonyl (C=O) groups excluding carboxylic acids is 2. The van der Waals surface area contributed by atoms with Gasteiger partial charge in [-0.2, -0.15) is 0 Å². The molecule has 3 N–H and O–H groups in total. The zero-order chi connectivity index (χ0) is 21.8. The van der Waals surface area contributed by atoms with Crippen LogP contribution >= 0.6 is 11.8 Å². The number of nitrogens with two attached hydrogens (primary N) is 1. The van der Waals surface area contributed by atoms with Gasteiger partial charge < -0.3 is 11.2 Å². The van der Waals surface area contributed by atoms with Crippen molar-refractivity contribution in [2.45, 2.75) is 18.5 Å². The normalized spacial score (nSPS) is 10.9. The SMILES string of the molecule is CC(=O)c1ccc(NC(=O)CSc2nnc(Cc3cccc4ccccc34)n2N)cc1. The lowest BCUT2D eigenvalue weighted by Gasteiger charge is -2.07. The van der Waals surface area contributed by atoms with Crippen molar-refractivity contribution in [3.8, 4) is 0 Å². The van der Waals surface area contributed by atoms with Gasteiger partial charge in [-0.3, -0.25) is 9.59 Å². The number of hydrogen-bond acceptors (Lipinski definition) is 6. The maximum absolute atomic E-state index is 12.3. The minimum absolute atomic E-state index is 0.0185. The summed E-state index contributed by atoms with van der Waals surface area (Å²) in [6, 6.07) is 21.1. The Morgan fingerprint density at radius 2 is 1.74 bits per heavy atom. The number of anilines is 1. The Kier molecular flexibility index (Phi) is 5.99. The quantitative estimate of drug-likeness (QED) is 0.263. The maximum Gasteiger partial charge on any atom is 0.234 e. The molecule has 8 heteroatoms. The van der Waals surface area contributed by atoms with Crippen molar-refractivity contribution < 1.29 is 9.59 Å². The smallest absolute Gasteiger partial charge is 0.234 e. The fourth-order valence-corrected chi connectivity index (χ4v) is 3.93. The third-order valence-corrected chi connectivity index (χ3v) is 5.81. The number of hydrogen-bond donors (Lipinski definition) is 2. The molecule has 0 radical (unpaired) electrons. The minimum atomic E-state index is -0.195. The van der Waals surface area contributed by atoms with Crippen LogP contribution in [0.1, 0.15) is 28.7 Å². The number of nitrogen functional groups attached to an aromatic ring is 1. The number of nitrogens with one attached hydrogen (secondary N) is 1. The average molecular weight is 432 g/mol. The highest BCUT2D eigenvalue weighted by Crippen LogP contribution is 2.22. The van der Waals surface area contributed by atoms with E-state index in [-0.39, 0.29) is 17.4 Å². The first kappa shape index (κ1) is 20.6. The molecule has 1 heterocycles. The Morgan fingerprint density at radius 1 is 1.00 bits per heavy atom. The topological polar surface area (TPSA) is 103 Å². The van der Waals surface area contributed by atoms with Gasteiger partial charge in [0.05, 0.1) is 5.75 Å². The second-order valence-electron chi connectivity index (χ2n) is 7.05. The maximum atomic E-state index is 12.3. The molecular weight excluding hydrogens is 410 g/mol. The van der Waals surface area contributed by atoms with Crippen molar-refractivity contribution in [3.05, 3.63) is 83.7 Å². The number of amides is 1. The molecule has 0 bridgehead atoms. The van der Waals surface area contributed by atoms with Crippen LogP contribution < -0.4 is 11.2 Å². The molecule has 0 atom stereocenters. The molecule has 3 aromatic carbocycles. The van der Waals surface area contributed by atoms with E-state index in [4.69, 9.17) is 5.84 Å². The number of Topliss-reactive ketones (excluding diaryl/α,β-unsaturated/α-hetero) is 1. The Hall–Kier alpha value is -3.65. The van der Waals surface area contributed by atoms with Gasteiger partial charge >= 0.3 is 0 Å². The highest BCUT2D eigenvalue weighted by molar-refractivity contribution is 7.99. The second kappa shape index (κ2) is 9.01. The number of nitrogens with zero attached hydrogens (tertiary/aromatic N) is 3. The third kappa shape index (κ3) is 4.75. The van der Waals surface area contributed by atoms with Gasteiger partial charge in [0, 0.05) is 17.7 Å². The molecule has 4 rings (SSSR count). The van der Waals surface area contributed by atoms with Crippen LogP contribution in [0.4, 0.5) is 5.69 Å². The van der Waals surface area contributed by atoms with E-state index in [9.17, 15) is 9.59 Å². The lowest BCUT2D eigenvalue weighted by Crippen LogP contribution is -2.17. The first-order valence-corrected chi connectivity index (χ1v) is 10.7. The van der Waals surface area contributed by atoms with Gasteiger partial charge in [0.25, 0.3) is 0 Å². The zero-order valence-corrected chi connectivity index (χ0v) is 17.7. The van der Waals surface area contributed by atoms with Gasteiger partial charge in [-0.05, 0) is 47.5 Å². The summed E-state index contributed by atoms with van der Waals surface area (Å²) in [5.74, 6) is 6.73. The number of ketones is 1. The van der Waals surface area contributed by atoms with Crippen LogP contribution in [0.15, 0.2) is 71.9 Å². The third-order valence-electron chi connectivity index (χ3n) is 4.87. The molecule has 0 aliphatic carbocycles. The molecule has 0 fully saturated rings. The molecular formula is C23H21N5O2S. The van der Waals surface area contributed by atoms with E-state index >= 15 is 0 Å². The van der Waals surface area contributed by atoms with Crippen molar-refractivity contribution in [1.29, 1.82) is 0 Å². The van der Waals surface area contributed by atoms with E-state index in [1.165, 1.54) is 23.4 Å². The van der Waals surface area contributed by atoms with Crippen LogP contribution in [0.3, 0.4) is 0 Å². The summed E-state index contributed by atoms with van der Waals surface area (Å²) in [5.41, 5.74) is 2.34. The largest absolute Gasteiger partial charge is 0.336 e. The molecule has 4 aromatic rings. The molecule has 0 spiro atoms. The lowest BCUT2D eigenvalue weighted by molar-refractivity contribution is -0.113. The monoisotopic (exact) mass is 431 g/mol. The number of thioether (sulfide) groups is 1. The Bertz CT molecular complexity index is 1250. The van der Waals surface area contributed by atoms with Crippen molar-refractivity contribution >= 4 is 39.9 Å². The van der Waals surface area contributed by atoms with Crippen LogP contribution in [0, 0.1) is 0 Å². The number of carbonyl (C=O) groups is 2. The van der Waals surface area contributed by atoms with Crippen molar-refractivity contribution in [2.24, 2.45) is 0 Å². The molecule has 31 heavy (non-hydrogen) atoms. The summed E-state index contributed by atoms with van der Waals surface area (Å²) in [6.45, 7) is 1.50. The van der Waals surface area contributed by atoms with E-state index in [1.54, 1.807) is 24.3 Å². The van der Waals surface area contributed by atoms with E-state index in [2.05, 4.69) is 39.8 Å². The first-order chi connectivity index (χ1) is 15.0. The van der Waals surface area contributed by atoms with Crippen LogP contribution in [0.5, 0.6) is 0 Å². The molecule has 0 aliphatic heterocycles. The molecule has 0 saturated heterocycles. The van der Waals surface area contributed by atoms with E-state index < -0.39 is 0 Å². The van der Waals surface area contributed by atoms with Crippen LogP contribution in [0.25, 0.3) is 10.8 Å². The number of fused-ring (bicyclic) bond motifs is 1. The predicted octanol–water partition coefficient (Wildman–Crippen LogP) is 3.67. The minimum Gasteiger partial charge on any atom is -0.336 e. The number of aromatic nitrogens is 3. The van der Waals surface area contributed by atoms with Gasteiger partial charge in [-0.15, -0.1) is 10.2 Å². The standard InChI is InChI=1S/C23H21N5O2S/c1-15(29)16-9-11-19(12-10-16)25-22(30)14-31-23-27-26-21(28(23)24)13-18-7-4-6-17-5-2-3-8-20(17)18/h2-12H,13-14,24H2,1H3,(H,25,30). The number of benzene rings is 3. The van der Waals surface area contributed by atoms with Gasteiger partial charge in [-0.25, -0.2) is 4.68 Å². The van der Waals surface area contributed by atoms with E-state index in [0.29, 0.717) is 28.7 Å². The fourth-order valence-electron chi connectivity index (χ4n) is 3.26. The van der Waals surface area contributed by atoms with E-state index in [1.807, 2.05) is 18.2 Å². The highest BCUT2D eigenvalue weighted by atomic mass is 32.2. The Labute approximate surface area is 183 Å². The Balaban J connectivity index is 1.39. The summed E-state index contributed by atoms with van der Waals surface area (Å²) < 4.78 is 1.43. The highest BCUT2D eigenvalue weighted by Gasteiger charge is 2.14. The van der Waals surface area contributed by atoms with Crippen molar-refractivity contribution in [2.75, 3.05) is 16.9 Å². The Morgan fingerprint density at radius 3 is 2.52 bits per heavy atom. The fraction of sp³-hybridized carbons (Fsp3) is 0.130. The molecule has 0 aliphatic rings. The molecule has 1 aromatic heterocycles. The summed E-state index contributed by atoms with van der Waals surface area (Å²) in [7, 11) is 0. The predicted molar refractivity (Wildman–Crippen MR) is 123 cm³/mol. The van der Waals surface area contributed by atoms with Crippen molar-refractivity contribution in [3.63, 3.8) is 0 Å². The van der Waals surface area contributed by atoms with E-state index in [0.717, 1.165) is 16.3 Å². The number of rotatable bonds is 7. The van der Waals surface area contributed by atoms with Crippen LogP contribution in [0.2, 0.25) is 0 Å². The molecule has 156 valence electrons. The van der Waals surface area contributed by atoms with Crippen LogP contribution in [-0.2, 0) is 11.2 Å². The van der Waals surface area contributed by atoms with Gasteiger partial charge in [0.15, 0.2) is 11.6 Å².